The molecule has 0 unspecified atom stereocenters. The van der Waals surface area contributed by atoms with Crippen LogP contribution in [0.25, 0.3) is 11.1 Å². The molecule has 2 aromatic carbocycles. The molecule has 2 nitrogen and oxygen atoms in total. The maximum Gasteiger partial charge on any atom is 0.177 e. The highest BCUT2D eigenvalue weighted by atomic mass is 35.5. The predicted molar refractivity (Wildman–Crippen MR) is 90.0 cm³/mol. The lowest BCUT2D eigenvalue weighted by atomic mass is 10.1. The molecule has 0 aromatic heterocycles. The van der Waals surface area contributed by atoms with E-state index in [1.54, 1.807) is 6.07 Å². The van der Waals surface area contributed by atoms with Gasteiger partial charge in [-0.25, -0.2) is 8.42 Å². The van der Waals surface area contributed by atoms with E-state index in [9.17, 15) is 8.42 Å². The van der Waals surface area contributed by atoms with Gasteiger partial charge in [-0.15, -0.1) is 0 Å². The topological polar surface area (TPSA) is 34.1 Å². The van der Waals surface area contributed by atoms with Gasteiger partial charge in [0.2, 0.25) is 0 Å². The first-order valence-electron chi connectivity index (χ1n) is 5.46. The average molecular weight is 405 g/mol. The van der Waals surface area contributed by atoms with Gasteiger partial charge in [-0.3, -0.25) is 0 Å². The molecule has 0 aliphatic carbocycles. The summed E-state index contributed by atoms with van der Waals surface area (Å²) in [5, 5.41) is 0.962. The summed E-state index contributed by atoms with van der Waals surface area (Å²) in [5.74, 6) is 0. The zero-order valence-corrected chi connectivity index (χ0v) is 15.0. The molecule has 0 aliphatic heterocycles. The van der Waals surface area contributed by atoms with Crippen LogP contribution in [0.4, 0.5) is 0 Å². The molecule has 0 amide bonds. The van der Waals surface area contributed by atoms with E-state index in [0.29, 0.717) is 26.2 Å². The zero-order chi connectivity index (χ0) is 15.9. The van der Waals surface area contributed by atoms with Crippen molar-refractivity contribution in [3.63, 3.8) is 0 Å². The fourth-order valence-corrected chi connectivity index (χ4v) is 4.05. The Hall–Kier alpha value is -0.160. The van der Waals surface area contributed by atoms with Crippen molar-refractivity contribution >= 4 is 67.8 Å². The SMILES string of the molecule is CS(=O)(=O)c1ccc(-c2cc(Cl)c(Cl)cc2Cl)c(Cl)c1Cl. The quantitative estimate of drug-likeness (QED) is 0.573. The summed E-state index contributed by atoms with van der Waals surface area (Å²) in [7, 11) is -3.48. The minimum atomic E-state index is -3.48. The molecule has 0 aliphatic rings. The highest BCUT2D eigenvalue weighted by molar-refractivity contribution is 7.90. The largest absolute Gasteiger partial charge is 0.224 e. The van der Waals surface area contributed by atoms with Gasteiger partial charge in [-0.2, -0.15) is 0 Å². The predicted octanol–water partition coefficient (Wildman–Crippen LogP) is 6.02. The first-order chi connectivity index (χ1) is 9.62. The highest BCUT2D eigenvalue weighted by Gasteiger charge is 2.19. The van der Waals surface area contributed by atoms with Crippen LogP contribution in [0, 0.1) is 0 Å². The zero-order valence-electron chi connectivity index (χ0n) is 10.4. The first-order valence-corrected chi connectivity index (χ1v) is 9.24. The van der Waals surface area contributed by atoms with Crippen molar-refractivity contribution in [2.24, 2.45) is 0 Å². The number of sulfone groups is 1. The minimum Gasteiger partial charge on any atom is -0.224 e. The summed E-state index contributed by atoms with van der Waals surface area (Å²) in [4.78, 5) is -0.0471. The molecule has 0 atom stereocenters. The third kappa shape index (κ3) is 3.44. The second-order valence-electron chi connectivity index (χ2n) is 4.26. The molecular weight excluding hydrogens is 397 g/mol. The summed E-state index contributed by atoms with van der Waals surface area (Å²) < 4.78 is 23.2. The molecule has 0 radical (unpaired) electrons. The summed E-state index contributed by atoms with van der Waals surface area (Å²) in [5.41, 5.74) is 0.982. The summed E-state index contributed by atoms with van der Waals surface area (Å²) >= 11 is 30.2. The van der Waals surface area contributed by atoms with E-state index in [1.165, 1.54) is 18.2 Å². The van der Waals surface area contributed by atoms with E-state index in [1.807, 2.05) is 0 Å². The normalized spacial score (nSPS) is 11.7. The molecule has 21 heavy (non-hydrogen) atoms. The third-order valence-electron chi connectivity index (χ3n) is 2.75. The van der Waals surface area contributed by atoms with Crippen molar-refractivity contribution in [2.75, 3.05) is 6.26 Å². The Morgan fingerprint density at radius 1 is 0.762 bits per heavy atom. The van der Waals surface area contributed by atoms with Gasteiger partial charge >= 0.3 is 0 Å². The van der Waals surface area contributed by atoms with E-state index in [0.717, 1.165) is 6.26 Å². The van der Waals surface area contributed by atoms with Crippen LogP contribution in [0.15, 0.2) is 29.2 Å². The summed E-state index contributed by atoms with van der Waals surface area (Å²) in [6.07, 6.45) is 1.05. The fourth-order valence-electron chi connectivity index (χ4n) is 1.76. The van der Waals surface area contributed by atoms with Crippen LogP contribution in [-0.2, 0) is 9.84 Å². The Kier molecular flexibility index (Phi) is 5.04. The Morgan fingerprint density at radius 3 is 1.90 bits per heavy atom. The van der Waals surface area contributed by atoms with E-state index >= 15 is 0 Å². The van der Waals surface area contributed by atoms with Gasteiger partial charge < -0.3 is 0 Å². The smallest absolute Gasteiger partial charge is 0.177 e. The Balaban J connectivity index is 2.73. The van der Waals surface area contributed by atoms with Gasteiger partial charge in [0.05, 0.1) is 30.0 Å². The Labute approximate surface area is 147 Å². The molecule has 0 saturated heterocycles. The standard InChI is InChI=1S/C13H7Cl5O2S/c1-21(19,20)11-3-2-6(12(17)13(11)18)7-4-9(15)10(16)5-8(7)14/h2-5H,1H3. The lowest BCUT2D eigenvalue weighted by Crippen LogP contribution is -1.99. The molecule has 0 N–H and O–H groups in total. The molecule has 0 spiro atoms. The minimum absolute atomic E-state index is 0.0471. The van der Waals surface area contributed by atoms with Crippen molar-refractivity contribution in [3.8, 4) is 11.1 Å². The van der Waals surface area contributed by atoms with E-state index in [2.05, 4.69) is 0 Å². The van der Waals surface area contributed by atoms with Crippen molar-refractivity contribution in [1.82, 2.24) is 0 Å². The van der Waals surface area contributed by atoms with Crippen LogP contribution in [0.3, 0.4) is 0 Å². The number of halogens is 5. The van der Waals surface area contributed by atoms with Crippen molar-refractivity contribution in [3.05, 3.63) is 49.4 Å². The number of hydrogen-bond acceptors (Lipinski definition) is 2. The van der Waals surface area contributed by atoms with Crippen molar-refractivity contribution in [1.29, 1.82) is 0 Å². The molecule has 0 saturated carbocycles. The van der Waals surface area contributed by atoms with Gasteiger partial charge in [-0.05, 0) is 18.2 Å². The van der Waals surface area contributed by atoms with Crippen LogP contribution in [0.2, 0.25) is 25.1 Å². The van der Waals surface area contributed by atoms with Crippen molar-refractivity contribution in [2.45, 2.75) is 4.90 Å². The molecular formula is C13H7Cl5O2S. The Morgan fingerprint density at radius 2 is 1.33 bits per heavy atom. The fraction of sp³-hybridized carbons (Fsp3) is 0.0769. The van der Waals surface area contributed by atoms with Gasteiger partial charge in [0.25, 0.3) is 0 Å². The van der Waals surface area contributed by atoms with Gasteiger partial charge in [0.1, 0.15) is 0 Å². The molecule has 2 aromatic rings. The molecule has 112 valence electrons. The highest BCUT2D eigenvalue weighted by Crippen LogP contribution is 2.42. The maximum absolute atomic E-state index is 11.6. The average Bonchev–Trinajstić information content (AvgIpc) is 2.36. The van der Waals surface area contributed by atoms with Crippen molar-refractivity contribution < 1.29 is 8.42 Å². The lowest BCUT2D eigenvalue weighted by molar-refractivity contribution is 0.602. The van der Waals surface area contributed by atoms with Gasteiger partial charge in [-0.1, -0.05) is 64.1 Å². The maximum atomic E-state index is 11.6. The van der Waals surface area contributed by atoms with Crippen LogP contribution in [0.1, 0.15) is 0 Å². The molecule has 0 bridgehead atoms. The van der Waals surface area contributed by atoms with Gasteiger partial charge in [0, 0.05) is 17.4 Å². The summed E-state index contributed by atoms with van der Waals surface area (Å²) in [6, 6.07) is 5.92. The monoisotopic (exact) mass is 402 g/mol. The molecule has 0 fully saturated rings. The molecule has 0 heterocycles. The number of hydrogen-bond donors (Lipinski definition) is 0. The summed E-state index contributed by atoms with van der Waals surface area (Å²) in [6.45, 7) is 0. The van der Waals surface area contributed by atoms with E-state index < -0.39 is 9.84 Å². The first kappa shape index (κ1) is 17.2. The van der Waals surface area contributed by atoms with Gasteiger partial charge in [0.15, 0.2) is 9.84 Å². The third-order valence-corrected chi connectivity index (χ3v) is 5.91. The van der Waals surface area contributed by atoms with Crippen LogP contribution < -0.4 is 0 Å². The number of rotatable bonds is 2. The van der Waals surface area contributed by atoms with Crippen LogP contribution in [-0.4, -0.2) is 14.7 Å². The van der Waals surface area contributed by atoms with Crippen LogP contribution >= 0.6 is 58.0 Å². The van der Waals surface area contributed by atoms with Crippen LogP contribution in [0.5, 0.6) is 0 Å². The number of benzene rings is 2. The lowest BCUT2D eigenvalue weighted by Gasteiger charge is -2.12. The van der Waals surface area contributed by atoms with E-state index in [4.69, 9.17) is 58.0 Å². The molecule has 2 rings (SSSR count). The molecule has 8 heteroatoms. The second-order valence-corrected chi connectivity index (χ2v) is 8.22. The second kappa shape index (κ2) is 6.15. The Bertz CT molecular complexity index is 831. The van der Waals surface area contributed by atoms with E-state index in [-0.39, 0.29) is 14.9 Å².